The predicted octanol–water partition coefficient (Wildman–Crippen LogP) is 2.23. The second kappa shape index (κ2) is 6.33. The molecule has 0 bridgehead atoms. The molecule has 0 saturated heterocycles. The number of nitrogens with zero attached hydrogens (tertiary/aromatic N) is 1. The summed E-state index contributed by atoms with van der Waals surface area (Å²) in [6.07, 6.45) is 3.30. The number of ether oxygens (including phenoxy) is 1. The Morgan fingerprint density at radius 2 is 2.22 bits per heavy atom. The number of nitrogens with one attached hydrogen (secondary N) is 2. The van der Waals surface area contributed by atoms with Crippen LogP contribution >= 0.6 is 0 Å². The van der Waals surface area contributed by atoms with Crippen molar-refractivity contribution in [3.8, 4) is 16.9 Å². The molecule has 1 atom stereocenters. The fourth-order valence-corrected chi connectivity index (χ4v) is 3.98. The van der Waals surface area contributed by atoms with E-state index in [0.29, 0.717) is 12.4 Å². The van der Waals surface area contributed by atoms with Crippen LogP contribution in [0.3, 0.4) is 0 Å². The molecule has 124 valence electrons. The molecule has 0 aliphatic heterocycles. The van der Waals surface area contributed by atoms with Crippen molar-refractivity contribution in [3.05, 3.63) is 36.2 Å². The first-order valence-corrected chi connectivity index (χ1v) is 9.24. The Balaban J connectivity index is 1.61. The molecular formula is C16H21N3O3S. The Bertz CT molecular complexity index is 781. The standard InChI is InChI=1S/C16H21N3O3S/c1-11(19-23(20,21)15-6-7-15)10-22-14-5-3-4-13(8-14)16-9-17-18-12(16)2/h3-5,8-9,11,15,19H,6-7,10H2,1-2H3,(H,17,18)/t11-/m1/s1. The minimum absolute atomic E-state index is 0.211. The Morgan fingerprint density at radius 1 is 1.43 bits per heavy atom. The van der Waals surface area contributed by atoms with Gasteiger partial charge in [-0.15, -0.1) is 0 Å². The molecule has 1 aromatic heterocycles. The highest BCUT2D eigenvalue weighted by Gasteiger charge is 2.36. The van der Waals surface area contributed by atoms with Crippen molar-refractivity contribution in [2.24, 2.45) is 0 Å². The van der Waals surface area contributed by atoms with E-state index in [0.717, 1.165) is 29.7 Å². The number of aromatic nitrogens is 2. The number of rotatable bonds is 7. The Labute approximate surface area is 136 Å². The summed E-state index contributed by atoms with van der Waals surface area (Å²) in [5, 5.41) is 6.72. The van der Waals surface area contributed by atoms with Crippen LogP contribution in [-0.4, -0.2) is 36.5 Å². The van der Waals surface area contributed by atoms with E-state index in [-0.39, 0.29) is 11.3 Å². The number of hydrogen-bond acceptors (Lipinski definition) is 4. The van der Waals surface area contributed by atoms with Crippen molar-refractivity contribution >= 4 is 10.0 Å². The SMILES string of the molecule is Cc1[nH]ncc1-c1cccc(OC[C@@H](C)NS(=O)(=O)C2CC2)c1. The smallest absolute Gasteiger partial charge is 0.214 e. The second-order valence-electron chi connectivity index (χ2n) is 6.01. The second-order valence-corrected chi connectivity index (χ2v) is 8.00. The van der Waals surface area contributed by atoms with E-state index in [2.05, 4.69) is 14.9 Å². The number of aromatic amines is 1. The third-order valence-corrected chi connectivity index (χ3v) is 5.88. The van der Waals surface area contributed by atoms with Crippen molar-refractivity contribution in [3.63, 3.8) is 0 Å². The summed E-state index contributed by atoms with van der Waals surface area (Å²) >= 11 is 0. The van der Waals surface area contributed by atoms with Gasteiger partial charge in [0.05, 0.1) is 17.5 Å². The van der Waals surface area contributed by atoms with E-state index < -0.39 is 10.0 Å². The van der Waals surface area contributed by atoms with E-state index in [1.165, 1.54) is 0 Å². The molecule has 1 aromatic carbocycles. The van der Waals surface area contributed by atoms with Crippen LogP contribution in [0.4, 0.5) is 0 Å². The first kappa shape index (κ1) is 16.0. The summed E-state index contributed by atoms with van der Waals surface area (Å²) < 4.78 is 32.2. The molecule has 2 N–H and O–H groups in total. The van der Waals surface area contributed by atoms with Crippen LogP contribution in [0, 0.1) is 6.92 Å². The number of sulfonamides is 1. The molecule has 1 heterocycles. The molecule has 23 heavy (non-hydrogen) atoms. The van der Waals surface area contributed by atoms with Gasteiger partial charge in [0.2, 0.25) is 10.0 Å². The number of H-pyrrole nitrogens is 1. The molecule has 1 fully saturated rings. The summed E-state index contributed by atoms with van der Waals surface area (Å²) in [5.74, 6) is 0.709. The molecule has 2 aromatic rings. The van der Waals surface area contributed by atoms with Crippen molar-refractivity contribution in [1.82, 2.24) is 14.9 Å². The van der Waals surface area contributed by atoms with E-state index in [9.17, 15) is 8.42 Å². The maximum absolute atomic E-state index is 11.9. The lowest BCUT2D eigenvalue weighted by molar-refractivity contribution is 0.287. The zero-order valence-corrected chi connectivity index (χ0v) is 14.1. The van der Waals surface area contributed by atoms with Gasteiger partial charge >= 0.3 is 0 Å². The molecular weight excluding hydrogens is 314 g/mol. The summed E-state index contributed by atoms with van der Waals surface area (Å²) in [5.41, 5.74) is 3.03. The fraction of sp³-hybridized carbons (Fsp3) is 0.438. The van der Waals surface area contributed by atoms with Gasteiger partial charge in [-0.2, -0.15) is 5.10 Å². The van der Waals surface area contributed by atoms with Gasteiger partial charge in [0.1, 0.15) is 12.4 Å². The topological polar surface area (TPSA) is 84.1 Å². The van der Waals surface area contributed by atoms with Gasteiger partial charge in [-0.1, -0.05) is 12.1 Å². The molecule has 1 aliphatic rings. The van der Waals surface area contributed by atoms with E-state index in [4.69, 9.17) is 4.74 Å². The zero-order chi connectivity index (χ0) is 16.4. The molecule has 1 aliphatic carbocycles. The van der Waals surface area contributed by atoms with Crippen LogP contribution in [0.15, 0.2) is 30.5 Å². The monoisotopic (exact) mass is 335 g/mol. The van der Waals surface area contributed by atoms with Crippen LogP contribution in [0.25, 0.3) is 11.1 Å². The highest BCUT2D eigenvalue weighted by molar-refractivity contribution is 7.90. The van der Waals surface area contributed by atoms with Crippen LogP contribution < -0.4 is 9.46 Å². The van der Waals surface area contributed by atoms with Gasteiger partial charge in [0.25, 0.3) is 0 Å². The highest BCUT2D eigenvalue weighted by atomic mass is 32.2. The normalized spacial score (nSPS) is 16.3. The lowest BCUT2D eigenvalue weighted by atomic mass is 10.1. The first-order valence-electron chi connectivity index (χ1n) is 7.70. The number of hydrogen-bond donors (Lipinski definition) is 2. The summed E-state index contributed by atoms with van der Waals surface area (Å²) in [7, 11) is -3.18. The molecule has 0 radical (unpaired) electrons. The maximum Gasteiger partial charge on any atom is 0.214 e. The Morgan fingerprint density at radius 3 is 2.87 bits per heavy atom. The minimum atomic E-state index is -3.18. The third kappa shape index (κ3) is 3.92. The van der Waals surface area contributed by atoms with Crippen LogP contribution in [0.5, 0.6) is 5.75 Å². The molecule has 0 unspecified atom stereocenters. The average molecular weight is 335 g/mol. The summed E-state index contributed by atoms with van der Waals surface area (Å²) in [6, 6.07) is 7.43. The molecule has 6 nitrogen and oxygen atoms in total. The van der Waals surface area contributed by atoms with Crippen LogP contribution in [-0.2, 0) is 10.0 Å². The molecule has 3 rings (SSSR count). The molecule has 0 spiro atoms. The van der Waals surface area contributed by atoms with Crippen molar-refractivity contribution < 1.29 is 13.2 Å². The summed E-state index contributed by atoms with van der Waals surface area (Å²) in [6.45, 7) is 4.06. The first-order chi connectivity index (χ1) is 11.0. The average Bonchev–Trinajstić information content (AvgIpc) is 3.28. The van der Waals surface area contributed by atoms with Gasteiger partial charge < -0.3 is 4.74 Å². The Kier molecular flexibility index (Phi) is 4.41. The van der Waals surface area contributed by atoms with Gasteiger partial charge in [-0.3, -0.25) is 5.10 Å². The van der Waals surface area contributed by atoms with Gasteiger partial charge in [0.15, 0.2) is 0 Å². The maximum atomic E-state index is 11.9. The molecule has 1 saturated carbocycles. The van der Waals surface area contributed by atoms with Crippen molar-refractivity contribution in [2.45, 2.75) is 38.0 Å². The number of benzene rings is 1. The van der Waals surface area contributed by atoms with E-state index in [1.807, 2.05) is 38.1 Å². The summed E-state index contributed by atoms with van der Waals surface area (Å²) in [4.78, 5) is 0. The fourth-order valence-electron chi connectivity index (χ4n) is 2.41. The molecule has 0 amide bonds. The van der Waals surface area contributed by atoms with Crippen LogP contribution in [0.1, 0.15) is 25.5 Å². The lowest BCUT2D eigenvalue weighted by Gasteiger charge is -2.15. The number of aryl methyl sites for hydroxylation is 1. The van der Waals surface area contributed by atoms with Crippen LogP contribution in [0.2, 0.25) is 0 Å². The quantitative estimate of drug-likeness (QED) is 0.813. The van der Waals surface area contributed by atoms with Gasteiger partial charge in [-0.05, 0) is 44.4 Å². The largest absolute Gasteiger partial charge is 0.492 e. The van der Waals surface area contributed by atoms with Gasteiger partial charge in [0, 0.05) is 11.3 Å². The van der Waals surface area contributed by atoms with Gasteiger partial charge in [-0.25, -0.2) is 13.1 Å². The Hall–Kier alpha value is -1.86. The van der Waals surface area contributed by atoms with E-state index in [1.54, 1.807) is 6.20 Å². The predicted molar refractivity (Wildman–Crippen MR) is 88.8 cm³/mol. The minimum Gasteiger partial charge on any atom is -0.492 e. The van der Waals surface area contributed by atoms with Crippen molar-refractivity contribution in [2.75, 3.05) is 6.61 Å². The van der Waals surface area contributed by atoms with E-state index >= 15 is 0 Å². The molecule has 7 heteroatoms. The lowest BCUT2D eigenvalue weighted by Crippen LogP contribution is -2.38. The third-order valence-electron chi connectivity index (χ3n) is 3.80. The zero-order valence-electron chi connectivity index (χ0n) is 13.2. The highest BCUT2D eigenvalue weighted by Crippen LogP contribution is 2.28. The van der Waals surface area contributed by atoms with Crippen molar-refractivity contribution in [1.29, 1.82) is 0 Å².